The Morgan fingerprint density at radius 2 is 1.96 bits per heavy atom. The summed E-state index contributed by atoms with van der Waals surface area (Å²) < 4.78 is 23.9. The van der Waals surface area contributed by atoms with Crippen molar-refractivity contribution < 1.29 is 23.5 Å². The third kappa shape index (κ3) is 6.49. The summed E-state index contributed by atoms with van der Waals surface area (Å²) in [6.45, 7) is 0.168. The SMILES string of the molecule is COc1cc(C(=O)NCCSCc2ccccc2F)ccc1OCC(N)=O. The van der Waals surface area contributed by atoms with Crippen molar-refractivity contribution in [1.29, 1.82) is 0 Å². The molecule has 0 saturated carbocycles. The van der Waals surface area contributed by atoms with Gasteiger partial charge in [-0.3, -0.25) is 9.59 Å². The minimum atomic E-state index is -0.605. The molecule has 8 heteroatoms. The standard InChI is InChI=1S/C19H21FN2O4S/c1-25-17-10-13(6-7-16(17)26-11-18(21)23)19(24)22-8-9-27-12-14-4-2-3-5-15(14)20/h2-7,10H,8-9,11-12H2,1H3,(H2,21,23)(H,22,24). The number of rotatable bonds is 10. The number of hydrogen-bond donors (Lipinski definition) is 2. The summed E-state index contributed by atoms with van der Waals surface area (Å²) in [5.41, 5.74) is 6.09. The topological polar surface area (TPSA) is 90.7 Å². The van der Waals surface area contributed by atoms with E-state index in [2.05, 4.69) is 5.32 Å². The summed E-state index contributed by atoms with van der Waals surface area (Å²) in [4.78, 5) is 23.0. The average molecular weight is 392 g/mol. The van der Waals surface area contributed by atoms with E-state index in [1.165, 1.54) is 31.0 Å². The first kappa shape index (κ1) is 20.6. The molecule has 0 aliphatic heterocycles. The molecule has 0 aliphatic carbocycles. The lowest BCUT2D eigenvalue weighted by atomic mass is 10.2. The van der Waals surface area contributed by atoms with Crippen LogP contribution >= 0.6 is 11.8 Å². The second kappa shape index (κ2) is 10.4. The Morgan fingerprint density at radius 1 is 1.19 bits per heavy atom. The molecule has 0 fully saturated rings. The van der Waals surface area contributed by atoms with Crippen LogP contribution in [-0.2, 0) is 10.5 Å². The van der Waals surface area contributed by atoms with Crippen LogP contribution in [0.25, 0.3) is 0 Å². The summed E-state index contributed by atoms with van der Waals surface area (Å²) in [6.07, 6.45) is 0. The number of ether oxygens (including phenoxy) is 2. The van der Waals surface area contributed by atoms with Gasteiger partial charge >= 0.3 is 0 Å². The summed E-state index contributed by atoms with van der Waals surface area (Å²) in [7, 11) is 1.44. The fourth-order valence-electron chi connectivity index (χ4n) is 2.21. The van der Waals surface area contributed by atoms with Gasteiger partial charge in [-0.2, -0.15) is 11.8 Å². The monoisotopic (exact) mass is 392 g/mol. The van der Waals surface area contributed by atoms with Crippen molar-refractivity contribution >= 4 is 23.6 Å². The molecule has 3 N–H and O–H groups in total. The first-order valence-electron chi connectivity index (χ1n) is 8.19. The second-order valence-corrected chi connectivity index (χ2v) is 6.63. The minimum absolute atomic E-state index is 0.222. The van der Waals surface area contributed by atoms with Crippen LogP contribution in [0.1, 0.15) is 15.9 Å². The van der Waals surface area contributed by atoms with Crippen LogP contribution in [0.4, 0.5) is 4.39 Å². The number of nitrogens with two attached hydrogens (primary N) is 1. The number of carbonyl (C=O) groups is 2. The molecule has 2 rings (SSSR count). The molecule has 0 heterocycles. The van der Waals surface area contributed by atoms with Crippen LogP contribution in [0.15, 0.2) is 42.5 Å². The largest absolute Gasteiger partial charge is 0.493 e. The van der Waals surface area contributed by atoms with E-state index in [1.807, 2.05) is 0 Å². The molecule has 0 radical (unpaired) electrons. The van der Waals surface area contributed by atoms with E-state index in [-0.39, 0.29) is 18.3 Å². The molecule has 0 saturated heterocycles. The van der Waals surface area contributed by atoms with Crippen LogP contribution in [0.3, 0.4) is 0 Å². The molecule has 0 aliphatic rings. The van der Waals surface area contributed by atoms with E-state index < -0.39 is 5.91 Å². The van der Waals surface area contributed by atoms with Gasteiger partial charge in [0.25, 0.3) is 11.8 Å². The fourth-order valence-corrected chi connectivity index (χ4v) is 3.06. The zero-order chi connectivity index (χ0) is 19.6. The summed E-state index contributed by atoms with van der Waals surface area (Å²) in [5.74, 6) is 0.762. The molecule has 2 aromatic carbocycles. The van der Waals surface area contributed by atoms with Gasteiger partial charge in [0, 0.05) is 23.6 Å². The van der Waals surface area contributed by atoms with Crippen LogP contribution in [0.5, 0.6) is 11.5 Å². The van der Waals surface area contributed by atoms with Gasteiger partial charge in [-0.25, -0.2) is 4.39 Å². The first-order chi connectivity index (χ1) is 13.0. The van der Waals surface area contributed by atoms with Gasteiger partial charge in [0.15, 0.2) is 18.1 Å². The number of halogens is 1. The van der Waals surface area contributed by atoms with Gasteiger partial charge in [-0.1, -0.05) is 18.2 Å². The maximum absolute atomic E-state index is 13.5. The highest BCUT2D eigenvalue weighted by Gasteiger charge is 2.11. The minimum Gasteiger partial charge on any atom is -0.493 e. The molecule has 2 amide bonds. The zero-order valence-corrected chi connectivity index (χ0v) is 15.7. The lowest BCUT2D eigenvalue weighted by molar-refractivity contribution is -0.119. The molecule has 0 spiro atoms. The van der Waals surface area contributed by atoms with Gasteiger partial charge in [0.05, 0.1) is 7.11 Å². The van der Waals surface area contributed by atoms with Crippen molar-refractivity contribution in [2.75, 3.05) is 26.0 Å². The lowest BCUT2D eigenvalue weighted by Crippen LogP contribution is -2.26. The molecule has 0 atom stereocenters. The van der Waals surface area contributed by atoms with Crippen LogP contribution in [0, 0.1) is 5.82 Å². The number of methoxy groups -OCH3 is 1. The average Bonchev–Trinajstić information content (AvgIpc) is 2.67. The van der Waals surface area contributed by atoms with Crippen LogP contribution in [0.2, 0.25) is 0 Å². The van der Waals surface area contributed by atoms with E-state index in [0.717, 1.165) is 0 Å². The highest BCUT2D eigenvalue weighted by molar-refractivity contribution is 7.98. The second-order valence-electron chi connectivity index (χ2n) is 5.52. The molecule has 6 nitrogen and oxygen atoms in total. The van der Waals surface area contributed by atoms with Crippen molar-refractivity contribution in [3.63, 3.8) is 0 Å². The Kier molecular flexibility index (Phi) is 7.94. The number of benzene rings is 2. The molecular formula is C19H21FN2O4S. The summed E-state index contributed by atoms with van der Waals surface area (Å²) >= 11 is 1.53. The van der Waals surface area contributed by atoms with Gasteiger partial charge in [0.2, 0.25) is 0 Å². The number of amides is 2. The number of carbonyl (C=O) groups excluding carboxylic acids is 2. The molecule has 27 heavy (non-hydrogen) atoms. The van der Waals surface area contributed by atoms with E-state index in [0.29, 0.717) is 40.7 Å². The third-order valence-corrected chi connectivity index (χ3v) is 4.55. The van der Waals surface area contributed by atoms with E-state index in [1.54, 1.807) is 30.3 Å². The molecule has 0 bridgehead atoms. The predicted molar refractivity (Wildman–Crippen MR) is 103 cm³/mol. The van der Waals surface area contributed by atoms with Crippen molar-refractivity contribution in [2.24, 2.45) is 5.73 Å². The maximum atomic E-state index is 13.5. The summed E-state index contributed by atoms with van der Waals surface area (Å²) in [6, 6.07) is 11.3. The Balaban J connectivity index is 1.81. The molecule has 144 valence electrons. The van der Waals surface area contributed by atoms with Gasteiger partial charge in [-0.15, -0.1) is 0 Å². The van der Waals surface area contributed by atoms with Crippen molar-refractivity contribution in [3.05, 3.63) is 59.4 Å². The van der Waals surface area contributed by atoms with Crippen molar-refractivity contribution in [2.45, 2.75) is 5.75 Å². The molecular weight excluding hydrogens is 371 g/mol. The van der Waals surface area contributed by atoms with Gasteiger partial charge < -0.3 is 20.5 Å². The van der Waals surface area contributed by atoms with E-state index in [9.17, 15) is 14.0 Å². The smallest absolute Gasteiger partial charge is 0.255 e. The number of nitrogens with one attached hydrogen (secondary N) is 1. The van der Waals surface area contributed by atoms with Crippen LogP contribution < -0.4 is 20.5 Å². The highest BCUT2D eigenvalue weighted by Crippen LogP contribution is 2.28. The van der Waals surface area contributed by atoms with E-state index >= 15 is 0 Å². The molecule has 0 unspecified atom stereocenters. The highest BCUT2D eigenvalue weighted by atomic mass is 32.2. The fraction of sp³-hybridized carbons (Fsp3) is 0.263. The quantitative estimate of drug-likeness (QED) is 0.606. The lowest BCUT2D eigenvalue weighted by Gasteiger charge is -2.11. The maximum Gasteiger partial charge on any atom is 0.255 e. The number of hydrogen-bond acceptors (Lipinski definition) is 5. The predicted octanol–water partition coefficient (Wildman–Crippen LogP) is 2.36. The Morgan fingerprint density at radius 3 is 2.67 bits per heavy atom. The Bertz CT molecular complexity index is 801. The zero-order valence-electron chi connectivity index (χ0n) is 14.9. The van der Waals surface area contributed by atoms with Gasteiger partial charge in [-0.05, 0) is 29.8 Å². The first-order valence-corrected chi connectivity index (χ1v) is 9.35. The molecule has 0 aromatic heterocycles. The van der Waals surface area contributed by atoms with Crippen molar-refractivity contribution in [1.82, 2.24) is 5.32 Å². The van der Waals surface area contributed by atoms with Crippen molar-refractivity contribution in [3.8, 4) is 11.5 Å². The summed E-state index contributed by atoms with van der Waals surface area (Å²) in [5, 5.41) is 2.80. The molecule has 2 aromatic rings. The Labute approximate surface area is 161 Å². The van der Waals surface area contributed by atoms with E-state index in [4.69, 9.17) is 15.2 Å². The normalized spacial score (nSPS) is 10.3. The Hall–Kier alpha value is -2.74. The third-order valence-electron chi connectivity index (χ3n) is 3.54. The number of thioether (sulfide) groups is 1. The van der Waals surface area contributed by atoms with Gasteiger partial charge in [0.1, 0.15) is 5.82 Å². The van der Waals surface area contributed by atoms with Crippen LogP contribution in [-0.4, -0.2) is 37.8 Å². The number of primary amides is 1.